The third-order valence-corrected chi connectivity index (χ3v) is 3.45. The van der Waals surface area contributed by atoms with Crippen molar-refractivity contribution in [3.63, 3.8) is 0 Å². The maximum Gasteiger partial charge on any atom is 0.228 e. The molecule has 2 heterocycles. The molecule has 0 aliphatic rings. The Morgan fingerprint density at radius 3 is 3.00 bits per heavy atom. The molecule has 2 aromatic rings. The highest BCUT2D eigenvalue weighted by Crippen LogP contribution is 2.26. The molecule has 2 rings (SSSR count). The molecule has 0 radical (unpaired) electrons. The molecule has 1 N–H and O–H groups in total. The van der Waals surface area contributed by atoms with Gasteiger partial charge in [0.25, 0.3) is 0 Å². The highest BCUT2D eigenvalue weighted by atomic mass is 35.5. The largest absolute Gasteiger partial charge is 0.354 e. The van der Waals surface area contributed by atoms with Gasteiger partial charge in [-0.25, -0.2) is 0 Å². The van der Waals surface area contributed by atoms with Gasteiger partial charge in [0.2, 0.25) is 16.4 Å². The minimum atomic E-state index is 0.172. The number of hydrogen-bond donors (Lipinski definition) is 1. The zero-order chi connectivity index (χ0) is 12.1. The molecule has 0 aliphatic carbocycles. The van der Waals surface area contributed by atoms with Crippen LogP contribution in [0, 0.1) is 0 Å². The van der Waals surface area contributed by atoms with E-state index in [1.54, 1.807) is 5.51 Å². The molecular weight excluding hydrogens is 280 g/mol. The molecule has 17 heavy (non-hydrogen) atoms. The summed E-state index contributed by atoms with van der Waals surface area (Å²) in [7, 11) is 0. The van der Waals surface area contributed by atoms with Crippen LogP contribution in [0.1, 0.15) is 13.3 Å². The number of halogens is 1. The molecule has 9 heteroatoms. The summed E-state index contributed by atoms with van der Waals surface area (Å²) in [4.78, 5) is 12.2. The normalized spacial score (nSPS) is 10.5. The lowest BCUT2D eigenvalue weighted by Crippen LogP contribution is -2.06. The monoisotopic (exact) mass is 288 g/mol. The van der Waals surface area contributed by atoms with Crippen LogP contribution in [-0.2, 0) is 0 Å². The van der Waals surface area contributed by atoms with Crippen LogP contribution in [0.4, 0.5) is 5.95 Å². The Bertz CT molecular complexity index is 477. The van der Waals surface area contributed by atoms with Crippen LogP contribution < -0.4 is 5.32 Å². The quantitative estimate of drug-likeness (QED) is 0.905. The number of hydrogen-bond acceptors (Lipinski definition) is 8. The lowest BCUT2D eigenvalue weighted by atomic mass is 10.5. The van der Waals surface area contributed by atoms with Crippen molar-refractivity contribution in [1.82, 2.24) is 25.1 Å². The van der Waals surface area contributed by atoms with Gasteiger partial charge >= 0.3 is 0 Å². The average molecular weight is 289 g/mol. The molecule has 6 nitrogen and oxygen atoms in total. The van der Waals surface area contributed by atoms with E-state index in [1.807, 2.05) is 0 Å². The first-order chi connectivity index (χ1) is 8.28. The maximum absolute atomic E-state index is 5.82. The highest BCUT2D eigenvalue weighted by molar-refractivity contribution is 8.00. The van der Waals surface area contributed by atoms with E-state index < -0.39 is 0 Å². The van der Waals surface area contributed by atoms with Crippen LogP contribution in [0.3, 0.4) is 0 Å². The van der Waals surface area contributed by atoms with Crippen LogP contribution in [0.5, 0.6) is 0 Å². The summed E-state index contributed by atoms with van der Waals surface area (Å²) >= 11 is 8.56. The Kier molecular flexibility index (Phi) is 4.46. The molecule has 0 bridgehead atoms. The fourth-order valence-corrected chi connectivity index (χ4v) is 2.52. The number of rotatable bonds is 5. The van der Waals surface area contributed by atoms with Crippen molar-refractivity contribution in [2.75, 3.05) is 11.9 Å². The van der Waals surface area contributed by atoms with Crippen LogP contribution in [0.25, 0.3) is 0 Å². The first-order valence-corrected chi connectivity index (χ1v) is 6.95. The lowest BCUT2D eigenvalue weighted by molar-refractivity contribution is 0.875. The summed E-state index contributed by atoms with van der Waals surface area (Å²) in [5.41, 5.74) is 1.65. The van der Waals surface area contributed by atoms with Crippen molar-refractivity contribution in [2.24, 2.45) is 0 Å². The molecule has 0 saturated carbocycles. The molecule has 0 unspecified atom stereocenters. The molecule has 0 aliphatic heterocycles. The molecule has 0 aromatic carbocycles. The molecule has 90 valence electrons. The standard InChI is InChI=1S/C8H9ClN6S2/c1-2-3-10-6-12-5(9)13-7(14-6)17-8-15-11-4-16-8/h4H,2-3H2,1H3,(H,10,12,13,14). The zero-order valence-corrected chi connectivity index (χ0v) is 11.3. The van der Waals surface area contributed by atoms with Crippen LogP contribution in [-0.4, -0.2) is 31.7 Å². The average Bonchev–Trinajstić information content (AvgIpc) is 2.78. The Balaban J connectivity index is 2.13. The van der Waals surface area contributed by atoms with Gasteiger partial charge in [-0.3, -0.25) is 0 Å². The van der Waals surface area contributed by atoms with Crippen molar-refractivity contribution in [1.29, 1.82) is 0 Å². The summed E-state index contributed by atoms with van der Waals surface area (Å²) in [6.07, 6.45) is 0.988. The van der Waals surface area contributed by atoms with Crippen molar-refractivity contribution in [3.05, 3.63) is 10.8 Å². The second kappa shape index (κ2) is 6.08. The Morgan fingerprint density at radius 2 is 2.29 bits per heavy atom. The minimum Gasteiger partial charge on any atom is -0.354 e. The lowest BCUT2D eigenvalue weighted by Gasteiger charge is -2.03. The predicted octanol–water partition coefficient (Wildman–Crippen LogP) is 2.35. The van der Waals surface area contributed by atoms with Crippen molar-refractivity contribution < 1.29 is 0 Å². The number of aromatic nitrogens is 5. The second-order valence-corrected chi connectivity index (χ2v) is 5.33. The topological polar surface area (TPSA) is 76.5 Å². The van der Waals surface area contributed by atoms with Gasteiger partial charge in [-0.05, 0) is 29.8 Å². The zero-order valence-electron chi connectivity index (χ0n) is 8.92. The summed E-state index contributed by atoms with van der Waals surface area (Å²) in [5, 5.41) is 11.4. The van der Waals surface area contributed by atoms with Crippen LogP contribution in [0.2, 0.25) is 5.28 Å². The third kappa shape index (κ3) is 3.76. The molecular formula is C8H9ClN6S2. The Labute approximate surface area is 111 Å². The molecule has 0 fully saturated rings. The van der Waals surface area contributed by atoms with E-state index in [0.29, 0.717) is 11.1 Å². The Hall–Kier alpha value is -0.990. The van der Waals surface area contributed by atoms with Gasteiger partial charge in [0.1, 0.15) is 5.51 Å². The fraction of sp³-hybridized carbons (Fsp3) is 0.375. The number of nitrogens with one attached hydrogen (secondary N) is 1. The van der Waals surface area contributed by atoms with Gasteiger partial charge in [-0.2, -0.15) is 15.0 Å². The molecule has 2 aromatic heterocycles. The summed E-state index contributed by atoms with van der Waals surface area (Å²) < 4.78 is 0.772. The van der Waals surface area contributed by atoms with Crippen LogP contribution >= 0.6 is 34.7 Å². The van der Waals surface area contributed by atoms with Gasteiger partial charge in [-0.15, -0.1) is 10.2 Å². The molecule has 0 saturated heterocycles. The molecule has 0 spiro atoms. The molecule has 0 amide bonds. The van der Waals surface area contributed by atoms with E-state index in [2.05, 4.69) is 37.4 Å². The second-order valence-electron chi connectivity index (χ2n) is 2.94. The van der Waals surface area contributed by atoms with E-state index in [4.69, 9.17) is 11.6 Å². The van der Waals surface area contributed by atoms with E-state index >= 15 is 0 Å². The van der Waals surface area contributed by atoms with Crippen LogP contribution in [0.15, 0.2) is 15.0 Å². The SMILES string of the molecule is CCCNc1nc(Cl)nc(Sc2nncs2)n1. The molecule has 0 atom stereocenters. The smallest absolute Gasteiger partial charge is 0.228 e. The number of anilines is 1. The van der Waals surface area contributed by atoms with E-state index in [-0.39, 0.29) is 5.28 Å². The minimum absolute atomic E-state index is 0.172. The summed E-state index contributed by atoms with van der Waals surface area (Å²) in [5.74, 6) is 0.485. The van der Waals surface area contributed by atoms with Crippen molar-refractivity contribution in [2.45, 2.75) is 22.8 Å². The van der Waals surface area contributed by atoms with Crippen molar-refractivity contribution >= 4 is 40.6 Å². The van der Waals surface area contributed by atoms with E-state index in [1.165, 1.54) is 23.1 Å². The Morgan fingerprint density at radius 1 is 1.41 bits per heavy atom. The van der Waals surface area contributed by atoms with Gasteiger partial charge in [0.05, 0.1) is 0 Å². The third-order valence-electron chi connectivity index (χ3n) is 1.64. The fourth-order valence-electron chi connectivity index (χ4n) is 0.979. The highest BCUT2D eigenvalue weighted by Gasteiger charge is 2.08. The summed E-state index contributed by atoms with van der Waals surface area (Å²) in [6.45, 7) is 2.86. The van der Waals surface area contributed by atoms with E-state index in [0.717, 1.165) is 17.3 Å². The van der Waals surface area contributed by atoms with E-state index in [9.17, 15) is 0 Å². The first kappa shape index (κ1) is 12.5. The van der Waals surface area contributed by atoms with Gasteiger partial charge in [-0.1, -0.05) is 18.3 Å². The predicted molar refractivity (Wildman–Crippen MR) is 67.6 cm³/mol. The first-order valence-electron chi connectivity index (χ1n) is 4.87. The van der Waals surface area contributed by atoms with Crippen molar-refractivity contribution in [3.8, 4) is 0 Å². The van der Waals surface area contributed by atoms with Gasteiger partial charge in [0, 0.05) is 6.54 Å². The summed E-state index contributed by atoms with van der Waals surface area (Å²) in [6, 6.07) is 0. The van der Waals surface area contributed by atoms with Gasteiger partial charge in [0.15, 0.2) is 4.34 Å². The maximum atomic E-state index is 5.82. The number of nitrogens with zero attached hydrogens (tertiary/aromatic N) is 5. The van der Waals surface area contributed by atoms with Gasteiger partial charge < -0.3 is 5.32 Å².